The molecule has 10 aromatic carbocycles. The Labute approximate surface area is 420 Å². The van der Waals surface area contributed by atoms with Crippen LogP contribution in [0, 0.1) is 0 Å². The summed E-state index contributed by atoms with van der Waals surface area (Å²) in [5.41, 5.74) is 21.9. The van der Waals surface area contributed by atoms with Crippen molar-refractivity contribution >= 4 is 61.2 Å². The molecule has 0 radical (unpaired) electrons. The van der Waals surface area contributed by atoms with Crippen LogP contribution in [-0.2, 0) is 10.8 Å². The number of fused-ring (bicyclic) bond motifs is 11. The van der Waals surface area contributed by atoms with Crippen molar-refractivity contribution in [1.29, 1.82) is 0 Å². The summed E-state index contributed by atoms with van der Waals surface area (Å²) >= 11 is 0. The van der Waals surface area contributed by atoms with Crippen molar-refractivity contribution in [3.05, 3.63) is 234 Å². The number of hydrogen-bond acceptors (Lipinski definition) is 4. The molecule has 10 aromatic rings. The van der Waals surface area contributed by atoms with Crippen LogP contribution in [0.1, 0.15) is 62.8 Å². The first-order chi connectivity index (χ1) is 35.3. The minimum absolute atomic E-state index is 0.134. The average molecular weight is 927 g/mol. The van der Waals surface area contributed by atoms with E-state index in [0.29, 0.717) is 0 Å². The second kappa shape index (κ2) is 15.0. The SMILES string of the molecule is CC1(C)C2=C(CCC=C2)c2c(-c3c4cc(N5c6ccccc6Oc6ccccc65)ccc4c(-c4cccc5c4-c4ccccc4C5(C)C)c4cc(N5c6ccccc6Oc6ccccc65)ccc34)cccc21. The Bertz CT molecular complexity index is 3990. The monoisotopic (exact) mass is 926 g/mol. The van der Waals surface area contributed by atoms with Gasteiger partial charge in [0.25, 0.3) is 0 Å². The predicted molar refractivity (Wildman–Crippen MR) is 298 cm³/mol. The van der Waals surface area contributed by atoms with Crippen LogP contribution >= 0.6 is 0 Å². The van der Waals surface area contributed by atoms with Gasteiger partial charge in [0, 0.05) is 22.2 Å². The molecule has 15 rings (SSSR count). The number of ether oxygens (including phenoxy) is 2. The van der Waals surface area contributed by atoms with Gasteiger partial charge in [-0.05, 0) is 174 Å². The van der Waals surface area contributed by atoms with Gasteiger partial charge >= 0.3 is 0 Å². The number of benzene rings is 10. The van der Waals surface area contributed by atoms with Crippen molar-refractivity contribution in [3.8, 4) is 56.4 Å². The molecule has 0 amide bonds. The van der Waals surface area contributed by atoms with Gasteiger partial charge in [-0.15, -0.1) is 0 Å². The highest BCUT2D eigenvalue weighted by Crippen LogP contribution is 2.60. The number of hydrogen-bond donors (Lipinski definition) is 0. The molecule has 0 spiro atoms. The van der Waals surface area contributed by atoms with Crippen molar-refractivity contribution in [3.63, 3.8) is 0 Å². The van der Waals surface area contributed by atoms with E-state index in [1.54, 1.807) is 0 Å². The molecule has 2 heterocycles. The lowest BCUT2D eigenvalue weighted by Gasteiger charge is -2.34. The lowest BCUT2D eigenvalue weighted by Crippen LogP contribution is -2.16. The molecule has 3 aliphatic carbocycles. The molecule has 0 bridgehead atoms. The molecule has 72 heavy (non-hydrogen) atoms. The molecule has 0 saturated heterocycles. The first-order valence-electron chi connectivity index (χ1n) is 25.4. The van der Waals surface area contributed by atoms with Crippen molar-refractivity contribution in [2.24, 2.45) is 0 Å². The first-order valence-corrected chi connectivity index (χ1v) is 25.4. The zero-order valence-electron chi connectivity index (χ0n) is 40.8. The molecular weight excluding hydrogens is 877 g/mol. The molecule has 0 N–H and O–H groups in total. The fourth-order valence-corrected chi connectivity index (χ4v) is 13.3. The summed E-state index contributed by atoms with van der Waals surface area (Å²) in [5.74, 6) is 3.34. The maximum Gasteiger partial charge on any atom is 0.151 e. The fraction of sp³-hybridized carbons (Fsp3) is 0.118. The highest BCUT2D eigenvalue weighted by molar-refractivity contribution is 6.25. The van der Waals surface area contributed by atoms with Gasteiger partial charge in [0.2, 0.25) is 0 Å². The molecule has 0 unspecified atom stereocenters. The summed E-state index contributed by atoms with van der Waals surface area (Å²) in [4.78, 5) is 4.78. The molecule has 0 aromatic heterocycles. The van der Waals surface area contributed by atoms with Gasteiger partial charge in [0.15, 0.2) is 23.0 Å². The minimum atomic E-state index is -0.179. The van der Waals surface area contributed by atoms with E-state index in [4.69, 9.17) is 9.47 Å². The smallest absolute Gasteiger partial charge is 0.151 e. The summed E-state index contributed by atoms with van der Waals surface area (Å²) in [6.45, 7) is 9.60. The second-order valence-corrected chi connectivity index (χ2v) is 21.0. The third kappa shape index (κ3) is 5.63. The Balaban J connectivity index is 1.11. The Morgan fingerprint density at radius 1 is 0.375 bits per heavy atom. The third-order valence-electron chi connectivity index (χ3n) is 16.5. The standard InChI is InChI=1S/C68H50N2O2/c1-67(2)51-23-7-5-19-45(51)65-47(21-17-25-53(65)67)63-43-37-35-42(70-57-29-11-15-33-61(57)72-62-34-16-12-30-58(62)70)40-50(43)64(48-22-18-26-54-66(48)46-20-6-8-24-52(46)68(54,3)4)44-38-36-41(39-49(44)63)69-55-27-9-13-31-59(55)71-60-32-14-10-28-56(60)69/h5,7-19,21-40H,6,20H2,1-4H3. The van der Waals surface area contributed by atoms with Gasteiger partial charge in [-0.2, -0.15) is 0 Å². The van der Waals surface area contributed by atoms with Crippen LogP contribution in [0.25, 0.3) is 60.5 Å². The first kappa shape index (κ1) is 41.2. The average Bonchev–Trinajstić information content (AvgIpc) is 3.80. The summed E-state index contributed by atoms with van der Waals surface area (Å²) in [6.07, 6.45) is 6.83. The van der Waals surface area contributed by atoms with E-state index < -0.39 is 0 Å². The number of para-hydroxylation sites is 8. The van der Waals surface area contributed by atoms with Gasteiger partial charge < -0.3 is 19.3 Å². The Morgan fingerprint density at radius 2 is 0.806 bits per heavy atom. The van der Waals surface area contributed by atoms with E-state index in [2.05, 4.69) is 244 Å². The highest BCUT2D eigenvalue weighted by atomic mass is 16.5. The lowest BCUT2D eigenvalue weighted by atomic mass is 9.78. The van der Waals surface area contributed by atoms with E-state index in [1.165, 1.54) is 88.3 Å². The maximum absolute atomic E-state index is 6.59. The number of rotatable bonds is 4. The van der Waals surface area contributed by atoms with Crippen molar-refractivity contribution in [1.82, 2.24) is 0 Å². The summed E-state index contributed by atoms with van der Waals surface area (Å²) in [7, 11) is 0. The van der Waals surface area contributed by atoms with Crippen LogP contribution in [-0.4, -0.2) is 0 Å². The largest absolute Gasteiger partial charge is 0.453 e. The number of allylic oxidation sites excluding steroid dienone is 4. The van der Waals surface area contributed by atoms with E-state index in [-0.39, 0.29) is 10.8 Å². The highest BCUT2D eigenvalue weighted by Gasteiger charge is 2.41. The summed E-state index contributed by atoms with van der Waals surface area (Å²) in [5, 5.41) is 4.83. The van der Waals surface area contributed by atoms with Gasteiger partial charge in [-0.25, -0.2) is 0 Å². The summed E-state index contributed by atoms with van der Waals surface area (Å²) < 4.78 is 13.2. The summed E-state index contributed by atoms with van der Waals surface area (Å²) in [6, 6.07) is 71.3. The molecule has 2 aliphatic heterocycles. The molecule has 344 valence electrons. The lowest BCUT2D eigenvalue weighted by molar-refractivity contribution is 0.477. The van der Waals surface area contributed by atoms with E-state index in [0.717, 1.165) is 70.0 Å². The molecule has 0 fully saturated rings. The quantitative estimate of drug-likeness (QED) is 0.164. The van der Waals surface area contributed by atoms with Crippen molar-refractivity contribution < 1.29 is 9.47 Å². The van der Waals surface area contributed by atoms with Crippen molar-refractivity contribution in [2.75, 3.05) is 9.80 Å². The predicted octanol–water partition coefficient (Wildman–Crippen LogP) is 19.2. The van der Waals surface area contributed by atoms with Gasteiger partial charge in [-0.3, -0.25) is 0 Å². The number of anilines is 6. The number of nitrogens with zero attached hydrogens (tertiary/aromatic N) is 2. The molecule has 4 nitrogen and oxygen atoms in total. The molecule has 5 aliphatic rings. The molecule has 0 saturated carbocycles. The molecule has 4 heteroatoms. The van der Waals surface area contributed by atoms with Crippen LogP contribution in [0.5, 0.6) is 23.0 Å². The van der Waals surface area contributed by atoms with E-state index in [1.807, 2.05) is 0 Å². The Morgan fingerprint density at radius 3 is 1.33 bits per heavy atom. The van der Waals surface area contributed by atoms with Crippen LogP contribution < -0.4 is 19.3 Å². The molecular formula is C68H50N2O2. The van der Waals surface area contributed by atoms with E-state index >= 15 is 0 Å². The van der Waals surface area contributed by atoms with Gasteiger partial charge in [0.05, 0.1) is 22.7 Å². The Hall–Kier alpha value is -8.60. The second-order valence-electron chi connectivity index (χ2n) is 21.0. The third-order valence-corrected chi connectivity index (χ3v) is 16.5. The normalized spacial score (nSPS) is 15.9. The minimum Gasteiger partial charge on any atom is -0.453 e. The maximum atomic E-state index is 6.59. The van der Waals surface area contributed by atoms with Crippen molar-refractivity contribution in [2.45, 2.75) is 51.4 Å². The van der Waals surface area contributed by atoms with Gasteiger partial charge in [0.1, 0.15) is 0 Å². The Kier molecular flexibility index (Phi) is 8.56. The fourth-order valence-electron chi connectivity index (χ4n) is 13.3. The van der Waals surface area contributed by atoms with Crippen LogP contribution in [0.4, 0.5) is 34.1 Å². The van der Waals surface area contributed by atoms with Crippen LogP contribution in [0.3, 0.4) is 0 Å². The van der Waals surface area contributed by atoms with E-state index in [9.17, 15) is 0 Å². The zero-order chi connectivity index (χ0) is 48.0. The van der Waals surface area contributed by atoms with Crippen LogP contribution in [0.2, 0.25) is 0 Å². The van der Waals surface area contributed by atoms with Gasteiger partial charge in [-0.1, -0.05) is 161 Å². The zero-order valence-corrected chi connectivity index (χ0v) is 40.8. The van der Waals surface area contributed by atoms with Crippen LogP contribution in [0.15, 0.2) is 212 Å². The topological polar surface area (TPSA) is 24.9 Å². The molecule has 0 atom stereocenters.